The molecule has 3 aromatic rings. The maximum absolute atomic E-state index is 10.5. The molecule has 2 aromatic heterocycles. The zero-order chi connectivity index (χ0) is 13.9. The van der Waals surface area contributed by atoms with Crippen LogP contribution in [0.5, 0.6) is 0 Å². The zero-order valence-corrected chi connectivity index (χ0v) is 12.2. The Labute approximate surface area is 122 Å². The molecule has 20 heavy (non-hydrogen) atoms. The van der Waals surface area contributed by atoms with Crippen LogP contribution < -0.4 is 5.32 Å². The van der Waals surface area contributed by atoms with Crippen molar-refractivity contribution in [1.29, 1.82) is 0 Å². The Bertz CT molecular complexity index is 675. The largest absolute Gasteiger partial charge is 0.389 e. The molecule has 0 amide bonds. The number of benzene rings is 1. The molecule has 0 saturated heterocycles. The molecule has 0 bridgehead atoms. The van der Waals surface area contributed by atoms with Gasteiger partial charge in [-0.05, 0) is 36.0 Å². The second-order valence-electron chi connectivity index (χ2n) is 4.87. The third-order valence-electron chi connectivity index (χ3n) is 3.54. The van der Waals surface area contributed by atoms with Gasteiger partial charge < -0.3 is 15.0 Å². The lowest BCUT2D eigenvalue weighted by Gasteiger charge is -2.24. The molecule has 104 valence electrons. The number of aliphatic hydroxyl groups excluding tert-OH is 1. The van der Waals surface area contributed by atoms with Crippen LogP contribution in [0.3, 0.4) is 0 Å². The molecule has 0 aliphatic heterocycles. The molecule has 2 N–H and O–H groups in total. The minimum absolute atomic E-state index is 0.0534. The van der Waals surface area contributed by atoms with Crippen molar-refractivity contribution in [3.63, 3.8) is 0 Å². The van der Waals surface area contributed by atoms with Gasteiger partial charge in [0.1, 0.15) is 0 Å². The van der Waals surface area contributed by atoms with Gasteiger partial charge in [-0.2, -0.15) is 0 Å². The first-order chi connectivity index (χ1) is 9.81. The number of rotatable bonds is 5. The normalized spacial score (nSPS) is 14.5. The first kappa shape index (κ1) is 13.4. The molecule has 0 aliphatic carbocycles. The fourth-order valence-electron chi connectivity index (χ4n) is 2.64. The van der Waals surface area contributed by atoms with Crippen LogP contribution in [0.4, 0.5) is 0 Å². The highest BCUT2D eigenvalue weighted by Gasteiger charge is 2.24. The summed E-state index contributed by atoms with van der Waals surface area (Å²) in [4.78, 5) is 1.18. The summed E-state index contributed by atoms with van der Waals surface area (Å²) in [5.74, 6) is 0. The third-order valence-corrected chi connectivity index (χ3v) is 4.48. The van der Waals surface area contributed by atoms with E-state index in [-0.39, 0.29) is 6.04 Å². The topological polar surface area (TPSA) is 37.2 Å². The van der Waals surface area contributed by atoms with Crippen molar-refractivity contribution in [2.24, 2.45) is 0 Å². The molecule has 0 saturated carbocycles. The predicted octanol–water partition coefficient (Wildman–Crippen LogP) is 2.87. The van der Waals surface area contributed by atoms with Crippen molar-refractivity contribution in [3.05, 3.63) is 58.9 Å². The summed E-state index contributed by atoms with van der Waals surface area (Å²) in [6.07, 6.45) is 1.60. The van der Waals surface area contributed by atoms with E-state index in [9.17, 15) is 5.11 Å². The van der Waals surface area contributed by atoms with E-state index >= 15 is 0 Å². The van der Waals surface area contributed by atoms with Crippen molar-refractivity contribution in [2.45, 2.75) is 12.1 Å². The molecule has 3 nitrogen and oxygen atoms in total. The average Bonchev–Trinajstić information content (AvgIpc) is 3.10. The SMILES string of the molecule is CNC[C@@H](O)[C@@H](c1cccs1)n1ccc2ccccc21. The Kier molecular flexibility index (Phi) is 3.87. The van der Waals surface area contributed by atoms with E-state index in [4.69, 9.17) is 0 Å². The fraction of sp³-hybridized carbons (Fsp3) is 0.250. The Hall–Kier alpha value is -1.62. The summed E-state index contributed by atoms with van der Waals surface area (Å²) in [7, 11) is 1.86. The maximum Gasteiger partial charge on any atom is 0.0949 e. The van der Waals surface area contributed by atoms with Gasteiger partial charge in [0.15, 0.2) is 0 Å². The summed E-state index contributed by atoms with van der Waals surface area (Å²) in [6.45, 7) is 0.565. The highest BCUT2D eigenvalue weighted by atomic mass is 32.1. The van der Waals surface area contributed by atoms with Crippen LogP contribution in [0.2, 0.25) is 0 Å². The van der Waals surface area contributed by atoms with Gasteiger partial charge in [0.2, 0.25) is 0 Å². The summed E-state index contributed by atoms with van der Waals surface area (Å²) < 4.78 is 2.17. The number of likely N-dealkylation sites (N-methyl/N-ethyl adjacent to an activating group) is 1. The monoisotopic (exact) mass is 286 g/mol. The number of nitrogens with one attached hydrogen (secondary N) is 1. The lowest BCUT2D eigenvalue weighted by molar-refractivity contribution is 0.134. The molecule has 0 spiro atoms. The van der Waals surface area contributed by atoms with Crippen LogP contribution in [0.1, 0.15) is 10.9 Å². The molecule has 0 radical (unpaired) electrons. The third kappa shape index (κ3) is 2.38. The Morgan fingerprint density at radius 1 is 1.20 bits per heavy atom. The molecule has 0 fully saturated rings. The van der Waals surface area contributed by atoms with E-state index in [0.29, 0.717) is 6.54 Å². The standard InChI is InChI=1S/C16H18N2OS/c1-17-11-14(19)16(15-7-4-10-20-15)18-9-8-12-5-2-3-6-13(12)18/h2-10,14,16-17,19H,11H2,1H3/t14-,16+/m1/s1. The average molecular weight is 286 g/mol. The van der Waals surface area contributed by atoms with Crippen LogP contribution in [-0.4, -0.2) is 29.4 Å². The smallest absolute Gasteiger partial charge is 0.0949 e. The van der Waals surface area contributed by atoms with Gasteiger partial charge in [0.25, 0.3) is 0 Å². The van der Waals surface area contributed by atoms with Gasteiger partial charge in [0, 0.05) is 23.1 Å². The van der Waals surface area contributed by atoms with Crippen molar-refractivity contribution >= 4 is 22.2 Å². The summed E-state index contributed by atoms with van der Waals surface area (Å²) >= 11 is 1.68. The molecule has 2 atom stereocenters. The molecule has 0 aliphatic rings. The second-order valence-corrected chi connectivity index (χ2v) is 5.85. The lowest BCUT2D eigenvalue weighted by atomic mass is 10.1. The number of aromatic nitrogens is 1. The molecule has 0 unspecified atom stereocenters. The quantitative estimate of drug-likeness (QED) is 0.757. The van der Waals surface area contributed by atoms with Crippen molar-refractivity contribution in [1.82, 2.24) is 9.88 Å². The van der Waals surface area contributed by atoms with Crippen LogP contribution in [0.25, 0.3) is 10.9 Å². The van der Waals surface area contributed by atoms with E-state index in [2.05, 4.69) is 45.7 Å². The Morgan fingerprint density at radius 3 is 2.80 bits per heavy atom. The summed E-state index contributed by atoms with van der Waals surface area (Å²) in [6, 6.07) is 14.4. The lowest BCUT2D eigenvalue weighted by Crippen LogP contribution is -2.32. The maximum atomic E-state index is 10.5. The van der Waals surface area contributed by atoms with Gasteiger partial charge in [0.05, 0.1) is 12.1 Å². The van der Waals surface area contributed by atoms with E-state index in [0.717, 1.165) is 5.52 Å². The number of para-hydroxylation sites is 1. The summed E-state index contributed by atoms with van der Waals surface area (Å²) in [5, 5.41) is 16.9. The first-order valence-electron chi connectivity index (χ1n) is 6.73. The van der Waals surface area contributed by atoms with Gasteiger partial charge >= 0.3 is 0 Å². The number of aliphatic hydroxyl groups is 1. The van der Waals surface area contributed by atoms with Gasteiger partial charge in [-0.15, -0.1) is 11.3 Å². The van der Waals surface area contributed by atoms with Gasteiger partial charge in [-0.25, -0.2) is 0 Å². The Balaban J connectivity index is 2.09. The van der Waals surface area contributed by atoms with Crippen LogP contribution in [-0.2, 0) is 0 Å². The zero-order valence-electron chi connectivity index (χ0n) is 11.4. The van der Waals surface area contributed by atoms with Crippen molar-refractivity contribution < 1.29 is 5.11 Å². The molecule has 1 aromatic carbocycles. The molecular formula is C16H18N2OS. The fourth-order valence-corrected chi connectivity index (χ4v) is 3.52. The number of thiophene rings is 1. The van der Waals surface area contributed by atoms with Gasteiger partial charge in [-0.1, -0.05) is 24.3 Å². The van der Waals surface area contributed by atoms with Crippen LogP contribution >= 0.6 is 11.3 Å². The van der Waals surface area contributed by atoms with E-state index in [1.54, 1.807) is 11.3 Å². The molecular weight excluding hydrogens is 268 g/mol. The van der Waals surface area contributed by atoms with E-state index < -0.39 is 6.10 Å². The minimum atomic E-state index is -0.463. The number of fused-ring (bicyclic) bond motifs is 1. The van der Waals surface area contributed by atoms with Crippen LogP contribution in [0, 0.1) is 0 Å². The van der Waals surface area contributed by atoms with E-state index in [1.807, 2.05) is 25.2 Å². The molecule has 4 heteroatoms. The molecule has 3 rings (SSSR count). The minimum Gasteiger partial charge on any atom is -0.389 e. The summed E-state index contributed by atoms with van der Waals surface area (Å²) in [5.41, 5.74) is 1.15. The van der Waals surface area contributed by atoms with Crippen molar-refractivity contribution in [2.75, 3.05) is 13.6 Å². The van der Waals surface area contributed by atoms with E-state index in [1.165, 1.54) is 10.3 Å². The Morgan fingerprint density at radius 2 is 2.05 bits per heavy atom. The first-order valence-corrected chi connectivity index (χ1v) is 7.61. The molecule has 2 heterocycles. The highest BCUT2D eigenvalue weighted by Crippen LogP contribution is 2.30. The highest BCUT2D eigenvalue weighted by molar-refractivity contribution is 7.10. The number of hydrogen-bond acceptors (Lipinski definition) is 3. The van der Waals surface area contributed by atoms with Crippen LogP contribution in [0.15, 0.2) is 54.0 Å². The number of nitrogens with zero attached hydrogens (tertiary/aromatic N) is 1. The van der Waals surface area contributed by atoms with Crippen molar-refractivity contribution in [3.8, 4) is 0 Å². The number of hydrogen-bond donors (Lipinski definition) is 2. The van der Waals surface area contributed by atoms with Gasteiger partial charge in [-0.3, -0.25) is 0 Å². The second kappa shape index (κ2) is 5.79. The predicted molar refractivity (Wildman–Crippen MR) is 84.3 cm³/mol.